The molecule has 1 aromatic rings. The zero-order chi connectivity index (χ0) is 8.55. The minimum Gasteiger partial charge on any atom is -0.379 e. The highest BCUT2D eigenvalue weighted by atomic mass is 16.3. The van der Waals surface area contributed by atoms with Crippen LogP contribution in [-0.2, 0) is 0 Å². The molecule has 3 atom stereocenters. The largest absolute Gasteiger partial charge is 0.379 e. The monoisotopic (exact) mass is 163 g/mol. The summed E-state index contributed by atoms with van der Waals surface area (Å²) in [7, 11) is 0. The third-order valence-electron chi connectivity index (χ3n) is 2.51. The Kier molecular flexibility index (Phi) is 1.87. The van der Waals surface area contributed by atoms with Gasteiger partial charge in [-0.2, -0.15) is 0 Å². The van der Waals surface area contributed by atoms with Gasteiger partial charge in [0.15, 0.2) is 0 Å². The fourth-order valence-electron chi connectivity index (χ4n) is 1.68. The van der Waals surface area contributed by atoms with Gasteiger partial charge in [-0.1, -0.05) is 30.3 Å². The summed E-state index contributed by atoms with van der Waals surface area (Å²) in [6, 6.07) is 10.2. The number of rotatable bonds is 2. The first-order valence-corrected chi connectivity index (χ1v) is 4.27. The Hall–Kier alpha value is -0.860. The summed E-state index contributed by atoms with van der Waals surface area (Å²) < 4.78 is 0. The Bertz CT molecular complexity index is 258. The van der Waals surface area contributed by atoms with Crippen LogP contribution in [0.2, 0.25) is 0 Å². The van der Waals surface area contributed by atoms with Gasteiger partial charge in [-0.3, -0.25) is 0 Å². The van der Waals surface area contributed by atoms with Gasteiger partial charge in [0.25, 0.3) is 0 Å². The van der Waals surface area contributed by atoms with Crippen LogP contribution in [0.15, 0.2) is 30.3 Å². The molecule has 0 aliphatic heterocycles. The molecule has 0 bridgehead atoms. The van der Waals surface area contributed by atoms with Crippen LogP contribution in [0.1, 0.15) is 17.9 Å². The van der Waals surface area contributed by atoms with Crippen LogP contribution in [0.3, 0.4) is 0 Å². The minimum atomic E-state index is -0.643. The van der Waals surface area contributed by atoms with Gasteiger partial charge in [0, 0.05) is 5.92 Å². The van der Waals surface area contributed by atoms with Gasteiger partial charge in [-0.15, -0.1) is 0 Å². The second-order valence-electron chi connectivity index (χ2n) is 3.41. The molecule has 0 aromatic heterocycles. The highest BCUT2D eigenvalue weighted by Gasteiger charge is 2.41. The number of nitrogens with two attached hydrogens (primary N) is 1. The lowest BCUT2D eigenvalue weighted by Crippen LogP contribution is -2.21. The zero-order valence-electron chi connectivity index (χ0n) is 6.85. The van der Waals surface area contributed by atoms with E-state index in [0.29, 0.717) is 5.92 Å². The number of hydrogen-bond acceptors (Lipinski definition) is 2. The van der Waals surface area contributed by atoms with Crippen molar-refractivity contribution in [2.24, 2.45) is 11.7 Å². The van der Waals surface area contributed by atoms with Crippen molar-refractivity contribution in [3.63, 3.8) is 0 Å². The molecule has 1 aliphatic carbocycles. The Morgan fingerprint density at radius 2 is 2.00 bits per heavy atom. The molecule has 64 valence electrons. The van der Waals surface area contributed by atoms with Crippen LogP contribution < -0.4 is 5.73 Å². The molecular weight excluding hydrogens is 150 g/mol. The molecule has 0 radical (unpaired) electrons. The molecule has 1 aliphatic rings. The van der Waals surface area contributed by atoms with Crippen molar-refractivity contribution in [2.45, 2.75) is 18.6 Å². The molecule has 2 heteroatoms. The van der Waals surface area contributed by atoms with E-state index in [-0.39, 0.29) is 5.92 Å². The van der Waals surface area contributed by atoms with Gasteiger partial charge in [-0.05, 0) is 17.9 Å². The molecule has 2 rings (SSSR count). The summed E-state index contributed by atoms with van der Waals surface area (Å²) >= 11 is 0. The average Bonchev–Trinajstić information content (AvgIpc) is 2.84. The van der Waals surface area contributed by atoms with E-state index in [0.717, 1.165) is 6.42 Å². The predicted octanol–water partition coefficient (Wildman–Crippen LogP) is 1.07. The summed E-state index contributed by atoms with van der Waals surface area (Å²) in [5.41, 5.74) is 6.68. The van der Waals surface area contributed by atoms with Crippen molar-refractivity contribution >= 4 is 0 Å². The van der Waals surface area contributed by atoms with Crippen molar-refractivity contribution in [1.82, 2.24) is 0 Å². The highest BCUT2D eigenvalue weighted by Crippen LogP contribution is 2.48. The van der Waals surface area contributed by atoms with E-state index >= 15 is 0 Å². The summed E-state index contributed by atoms with van der Waals surface area (Å²) in [5, 5.41) is 9.10. The third-order valence-corrected chi connectivity index (χ3v) is 2.51. The lowest BCUT2D eigenvalue weighted by molar-refractivity contribution is 0.156. The molecule has 1 fully saturated rings. The van der Waals surface area contributed by atoms with E-state index in [4.69, 9.17) is 10.8 Å². The molecule has 0 amide bonds. The Labute approximate surface area is 72.0 Å². The molecule has 1 aromatic carbocycles. The quantitative estimate of drug-likeness (QED) is 0.640. The molecule has 0 heterocycles. The topological polar surface area (TPSA) is 46.2 Å². The van der Waals surface area contributed by atoms with Crippen molar-refractivity contribution in [3.8, 4) is 0 Å². The molecular formula is C10H13NO. The molecule has 2 nitrogen and oxygen atoms in total. The molecule has 3 N–H and O–H groups in total. The van der Waals surface area contributed by atoms with Gasteiger partial charge in [0.1, 0.15) is 6.23 Å². The van der Waals surface area contributed by atoms with Crippen LogP contribution in [0.5, 0.6) is 0 Å². The van der Waals surface area contributed by atoms with Crippen molar-refractivity contribution < 1.29 is 5.11 Å². The summed E-state index contributed by atoms with van der Waals surface area (Å²) in [4.78, 5) is 0. The van der Waals surface area contributed by atoms with Crippen LogP contribution in [0, 0.1) is 5.92 Å². The SMILES string of the molecule is NC(O)[C@@H]1C[C@@H]1c1ccccc1. The molecule has 0 saturated heterocycles. The minimum absolute atomic E-state index is 0.285. The average molecular weight is 163 g/mol. The first-order valence-electron chi connectivity index (χ1n) is 4.27. The van der Waals surface area contributed by atoms with Crippen molar-refractivity contribution in [3.05, 3.63) is 35.9 Å². The summed E-state index contributed by atoms with van der Waals surface area (Å²) in [6.07, 6.45) is 0.386. The van der Waals surface area contributed by atoms with Gasteiger partial charge < -0.3 is 10.8 Å². The van der Waals surface area contributed by atoms with Gasteiger partial charge in [-0.25, -0.2) is 0 Å². The fourth-order valence-corrected chi connectivity index (χ4v) is 1.68. The van der Waals surface area contributed by atoms with Gasteiger partial charge >= 0.3 is 0 Å². The molecule has 12 heavy (non-hydrogen) atoms. The summed E-state index contributed by atoms with van der Waals surface area (Å²) in [5.74, 6) is 0.776. The van der Waals surface area contributed by atoms with Crippen molar-refractivity contribution in [2.75, 3.05) is 0 Å². The van der Waals surface area contributed by atoms with Crippen LogP contribution >= 0.6 is 0 Å². The first kappa shape index (κ1) is 7.77. The van der Waals surface area contributed by atoms with Crippen molar-refractivity contribution in [1.29, 1.82) is 0 Å². The Balaban J connectivity index is 2.06. The smallest absolute Gasteiger partial charge is 0.105 e. The second kappa shape index (κ2) is 2.88. The maximum absolute atomic E-state index is 9.10. The van der Waals surface area contributed by atoms with E-state index in [1.807, 2.05) is 18.2 Å². The number of aliphatic hydroxyl groups is 1. The van der Waals surface area contributed by atoms with Crippen LogP contribution in [-0.4, -0.2) is 11.3 Å². The maximum Gasteiger partial charge on any atom is 0.105 e. The standard InChI is InChI=1S/C10H13NO/c11-10(12)9-6-8(9)7-4-2-1-3-5-7/h1-5,8-10,12H,6,11H2/t8-,9-,10?/m1/s1. The Morgan fingerprint density at radius 1 is 1.33 bits per heavy atom. The maximum atomic E-state index is 9.10. The predicted molar refractivity (Wildman–Crippen MR) is 47.5 cm³/mol. The zero-order valence-corrected chi connectivity index (χ0v) is 6.85. The first-order chi connectivity index (χ1) is 5.79. The lowest BCUT2D eigenvalue weighted by Gasteiger charge is -2.02. The van der Waals surface area contributed by atoms with Gasteiger partial charge in [0.2, 0.25) is 0 Å². The summed E-state index contributed by atoms with van der Waals surface area (Å²) in [6.45, 7) is 0. The number of benzene rings is 1. The molecule has 1 unspecified atom stereocenters. The van der Waals surface area contributed by atoms with Crippen LogP contribution in [0.4, 0.5) is 0 Å². The van der Waals surface area contributed by atoms with E-state index < -0.39 is 6.23 Å². The van der Waals surface area contributed by atoms with Crippen LogP contribution in [0.25, 0.3) is 0 Å². The van der Waals surface area contributed by atoms with E-state index in [1.165, 1.54) is 5.56 Å². The number of aliphatic hydroxyl groups excluding tert-OH is 1. The van der Waals surface area contributed by atoms with E-state index in [1.54, 1.807) is 0 Å². The molecule has 1 saturated carbocycles. The Morgan fingerprint density at radius 3 is 2.50 bits per heavy atom. The molecule has 0 spiro atoms. The van der Waals surface area contributed by atoms with Gasteiger partial charge in [0.05, 0.1) is 0 Å². The van der Waals surface area contributed by atoms with E-state index in [9.17, 15) is 0 Å². The third kappa shape index (κ3) is 1.36. The second-order valence-corrected chi connectivity index (χ2v) is 3.41. The highest BCUT2D eigenvalue weighted by molar-refractivity contribution is 5.25. The number of hydrogen-bond donors (Lipinski definition) is 2. The lowest BCUT2D eigenvalue weighted by atomic mass is 10.1. The fraction of sp³-hybridized carbons (Fsp3) is 0.400. The van der Waals surface area contributed by atoms with E-state index in [2.05, 4.69) is 12.1 Å². The normalized spacial score (nSPS) is 29.8.